The largest absolute Gasteiger partial charge is 0.357 e. The fourth-order valence-electron chi connectivity index (χ4n) is 2.05. The number of aromatic amines is 2. The number of hydrogen-bond donors (Lipinski definition) is 2. The molecule has 1 aromatic rings. The van der Waals surface area contributed by atoms with E-state index in [1.165, 1.54) is 6.07 Å². The first kappa shape index (κ1) is 10.7. The van der Waals surface area contributed by atoms with Gasteiger partial charge in [-0.25, -0.2) is 4.79 Å². The standard InChI is InChI=1S/C11H15N3O2/c1-2-8-4-3-5-14(7-8)9-6-10(15)13-11(16)12-9/h2,6,8H,1,3-5,7H2,(H2,12,13,15,16). The van der Waals surface area contributed by atoms with Crippen LogP contribution in [0.25, 0.3) is 0 Å². The van der Waals surface area contributed by atoms with E-state index >= 15 is 0 Å². The van der Waals surface area contributed by atoms with Crippen LogP contribution in [0.4, 0.5) is 5.82 Å². The van der Waals surface area contributed by atoms with Crippen molar-refractivity contribution in [3.63, 3.8) is 0 Å². The van der Waals surface area contributed by atoms with E-state index in [4.69, 9.17) is 0 Å². The molecule has 2 heterocycles. The van der Waals surface area contributed by atoms with E-state index in [1.54, 1.807) is 0 Å². The Balaban J connectivity index is 2.26. The first-order chi connectivity index (χ1) is 7.69. The molecule has 86 valence electrons. The molecule has 1 aliphatic heterocycles. The number of hydrogen-bond acceptors (Lipinski definition) is 3. The Hall–Kier alpha value is -1.78. The molecule has 1 fully saturated rings. The number of H-pyrrole nitrogens is 2. The highest BCUT2D eigenvalue weighted by Gasteiger charge is 2.18. The van der Waals surface area contributed by atoms with Gasteiger partial charge in [0.25, 0.3) is 5.56 Å². The smallest absolute Gasteiger partial charge is 0.327 e. The van der Waals surface area contributed by atoms with Crippen LogP contribution >= 0.6 is 0 Å². The Labute approximate surface area is 92.8 Å². The molecule has 0 spiro atoms. The van der Waals surface area contributed by atoms with Gasteiger partial charge in [-0.2, -0.15) is 0 Å². The second kappa shape index (κ2) is 4.38. The summed E-state index contributed by atoms with van der Waals surface area (Å²) in [6, 6.07) is 1.42. The molecule has 0 radical (unpaired) electrons. The molecule has 5 heteroatoms. The maximum atomic E-state index is 11.2. The van der Waals surface area contributed by atoms with Gasteiger partial charge in [0, 0.05) is 19.2 Å². The molecular weight excluding hydrogens is 206 g/mol. The van der Waals surface area contributed by atoms with Crippen LogP contribution in [0.1, 0.15) is 12.8 Å². The lowest BCUT2D eigenvalue weighted by atomic mass is 9.98. The van der Waals surface area contributed by atoms with Crippen LogP contribution in [0.5, 0.6) is 0 Å². The van der Waals surface area contributed by atoms with Crippen LogP contribution in [0.2, 0.25) is 0 Å². The molecule has 2 N–H and O–H groups in total. The third kappa shape index (κ3) is 2.24. The fourth-order valence-corrected chi connectivity index (χ4v) is 2.05. The van der Waals surface area contributed by atoms with Gasteiger partial charge in [-0.15, -0.1) is 6.58 Å². The summed E-state index contributed by atoms with van der Waals surface area (Å²) in [7, 11) is 0. The highest BCUT2D eigenvalue weighted by Crippen LogP contribution is 2.20. The van der Waals surface area contributed by atoms with Gasteiger partial charge in [0.05, 0.1) is 0 Å². The van der Waals surface area contributed by atoms with Crippen LogP contribution < -0.4 is 16.1 Å². The SMILES string of the molecule is C=CC1CCCN(c2cc(=O)[nH]c(=O)[nH]2)C1. The Kier molecular flexibility index (Phi) is 2.94. The summed E-state index contributed by atoms with van der Waals surface area (Å²) in [6.07, 6.45) is 4.09. The van der Waals surface area contributed by atoms with Gasteiger partial charge in [-0.3, -0.25) is 14.8 Å². The minimum atomic E-state index is -0.455. The molecule has 1 atom stereocenters. The highest BCUT2D eigenvalue weighted by atomic mass is 16.2. The van der Waals surface area contributed by atoms with Gasteiger partial charge in [-0.1, -0.05) is 6.08 Å². The monoisotopic (exact) mass is 221 g/mol. The molecule has 0 saturated carbocycles. The zero-order valence-corrected chi connectivity index (χ0v) is 9.03. The molecular formula is C11H15N3O2. The van der Waals surface area contributed by atoms with Gasteiger partial charge in [0.15, 0.2) is 0 Å². The first-order valence-electron chi connectivity index (χ1n) is 5.40. The van der Waals surface area contributed by atoms with E-state index in [9.17, 15) is 9.59 Å². The van der Waals surface area contributed by atoms with Crippen molar-refractivity contribution in [3.8, 4) is 0 Å². The molecule has 2 rings (SSSR count). The van der Waals surface area contributed by atoms with Gasteiger partial charge in [-0.05, 0) is 18.8 Å². The van der Waals surface area contributed by atoms with Crippen LogP contribution in [0, 0.1) is 5.92 Å². The van der Waals surface area contributed by atoms with Crippen LogP contribution in [0.3, 0.4) is 0 Å². The summed E-state index contributed by atoms with van der Waals surface area (Å²) in [4.78, 5) is 29.2. The Bertz CT molecular complexity index is 460. The first-order valence-corrected chi connectivity index (χ1v) is 5.40. The van der Waals surface area contributed by atoms with Crippen molar-refractivity contribution in [3.05, 3.63) is 39.6 Å². The average Bonchev–Trinajstić information content (AvgIpc) is 2.28. The number of anilines is 1. The number of nitrogens with zero attached hydrogens (tertiary/aromatic N) is 1. The highest BCUT2D eigenvalue weighted by molar-refractivity contribution is 5.37. The summed E-state index contributed by atoms with van der Waals surface area (Å²) in [6.45, 7) is 5.45. The van der Waals surface area contributed by atoms with Crippen molar-refractivity contribution in [2.45, 2.75) is 12.8 Å². The van der Waals surface area contributed by atoms with E-state index in [0.717, 1.165) is 25.9 Å². The predicted octanol–water partition coefficient (Wildman–Crippen LogP) is 0.466. The molecule has 1 unspecified atom stereocenters. The lowest BCUT2D eigenvalue weighted by molar-refractivity contribution is 0.482. The summed E-state index contributed by atoms with van der Waals surface area (Å²) in [5.41, 5.74) is -0.817. The second-order valence-electron chi connectivity index (χ2n) is 4.06. The lowest BCUT2D eigenvalue weighted by Gasteiger charge is -2.32. The molecule has 0 bridgehead atoms. The van der Waals surface area contributed by atoms with Crippen molar-refractivity contribution < 1.29 is 0 Å². The summed E-state index contributed by atoms with van der Waals surface area (Å²) in [5, 5.41) is 0. The molecule has 1 aromatic heterocycles. The van der Waals surface area contributed by atoms with Crippen molar-refractivity contribution in [1.82, 2.24) is 9.97 Å². The van der Waals surface area contributed by atoms with Gasteiger partial charge >= 0.3 is 5.69 Å². The maximum Gasteiger partial charge on any atom is 0.327 e. The summed E-state index contributed by atoms with van der Waals surface area (Å²) >= 11 is 0. The molecule has 0 aliphatic carbocycles. The van der Waals surface area contributed by atoms with Crippen LogP contribution in [-0.2, 0) is 0 Å². The van der Waals surface area contributed by atoms with E-state index in [0.29, 0.717) is 11.7 Å². The minimum Gasteiger partial charge on any atom is -0.357 e. The molecule has 1 aliphatic rings. The molecule has 16 heavy (non-hydrogen) atoms. The van der Waals surface area contributed by atoms with E-state index in [1.807, 2.05) is 11.0 Å². The second-order valence-corrected chi connectivity index (χ2v) is 4.06. The van der Waals surface area contributed by atoms with Crippen molar-refractivity contribution in [2.24, 2.45) is 5.92 Å². The number of piperidine rings is 1. The maximum absolute atomic E-state index is 11.2. The molecule has 0 amide bonds. The third-order valence-electron chi connectivity index (χ3n) is 2.88. The fraction of sp³-hybridized carbons (Fsp3) is 0.455. The Morgan fingerprint density at radius 2 is 2.25 bits per heavy atom. The summed E-state index contributed by atoms with van der Waals surface area (Å²) in [5.74, 6) is 1.02. The molecule has 1 saturated heterocycles. The van der Waals surface area contributed by atoms with E-state index in [2.05, 4.69) is 16.5 Å². The topological polar surface area (TPSA) is 69.0 Å². The molecule has 0 aromatic carbocycles. The Morgan fingerprint density at radius 1 is 1.44 bits per heavy atom. The number of rotatable bonds is 2. The predicted molar refractivity (Wildman–Crippen MR) is 62.8 cm³/mol. The third-order valence-corrected chi connectivity index (χ3v) is 2.88. The zero-order valence-electron chi connectivity index (χ0n) is 9.03. The van der Waals surface area contributed by atoms with Gasteiger partial charge in [0.2, 0.25) is 0 Å². The number of nitrogens with one attached hydrogen (secondary N) is 2. The quantitative estimate of drug-likeness (QED) is 0.713. The normalized spacial score (nSPS) is 20.8. The van der Waals surface area contributed by atoms with Crippen molar-refractivity contribution >= 4 is 5.82 Å². The summed E-state index contributed by atoms with van der Waals surface area (Å²) < 4.78 is 0. The lowest BCUT2D eigenvalue weighted by Crippen LogP contribution is -2.37. The van der Waals surface area contributed by atoms with Gasteiger partial charge in [0.1, 0.15) is 5.82 Å². The molecule has 5 nitrogen and oxygen atoms in total. The van der Waals surface area contributed by atoms with Crippen LogP contribution in [-0.4, -0.2) is 23.1 Å². The minimum absolute atomic E-state index is 0.362. The Morgan fingerprint density at radius 3 is 2.94 bits per heavy atom. The van der Waals surface area contributed by atoms with Crippen LogP contribution in [0.15, 0.2) is 28.3 Å². The number of aromatic nitrogens is 2. The van der Waals surface area contributed by atoms with Gasteiger partial charge < -0.3 is 4.90 Å². The van der Waals surface area contributed by atoms with E-state index < -0.39 is 5.69 Å². The van der Waals surface area contributed by atoms with E-state index in [-0.39, 0.29) is 5.56 Å². The van der Waals surface area contributed by atoms with Crippen molar-refractivity contribution in [2.75, 3.05) is 18.0 Å². The zero-order chi connectivity index (χ0) is 11.5. The average molecular weight is 221 g/mol. The van der Waals surface area contributed by atoms with Crippen molar-refractivity contribution in [1.29, 1.82) is 0 Å².